The van der Waals surface area contributed by atoms with Crippen molar-refractivity contribution in [3.8, 4) is 0 Å². The summed E-state index contributed by atoms with van der Waals surface area (Å²) in [6, 6.07) is 0.178. The molecular formula is C10H17N3O2. The maximum Gasteiger partial charge on any atom is 0.243 e. The smallest absolute Gasteiger partial charge is 0.243 e. The van der Waals surface area contributed by atoms with E-state index in [1.54, 1.807) is 0 Å². The van der Waals surface area contributed by atoms with Gasteiger partial charge in [0.2, 0.25) is 5.89 Å². The number of aryl methyl sites for hydroxylation is 1. The van der Waals surface area contributed by atoms with Crippen molar-refractivity contribution in [3.05, 3.63) is 11.7 Å². The first kappa shape index (κ1) is 10.6. The molecule has 0 saturated carbocycles. The Balaban J connectivity index is 2.03. The number of rotatable bonds is 2. The monoisotopic (exact) mass is 211 g/mol. The number of aromatic nitrogens is 2. The van der Waals surface area contributed by atoms with Crippen molar-refractivity contribution in [2.24, 2.45) is 0 Å². The van der Waals surface area contributed by atoms with Gasteiger partial charge in [-0.25, -0.2) is 0 Å². The highest BCUT2D eigenvalue weighted by Gasteiger charge is 2.25. The van der Waals surface area contributed by atoms with E-state index in [1.165, 1.54) is 0 Å². The van der Waals surface area contributed by atoms with Gasteiger partial charge in [0, 0.05) is 13.1 Å². The Bertz CT molecular complexity index is 326. The van der Waals surface area contributed by atoms with Gasteiger partial charge in [0.1, 0.15) is 0 Å². The van der Waals surface area contributed by atoms with E-state index < -0.39 is 0 Å². The van der Waals surface area contributed by atoms with Gasteiger partial charge in [0.25, 0.3) is 0 Å². The van der Waals surface area contributed by atoms with Gasteiger partial charge in [-0.1, -0.05) is 5.16 Å². The predicted octanol–water partition coefficient (Wildman–Crippen LogP) is 1.16. The Morgan fingerprint density at radius 2 is 2.33 bits per heavy atom. The van der Waals surface area contributed by atoms with Gasteiger partial charge in [-0.05, 0) is 20.8 Å². The molecule has 1 aliphatic rings. The quantitative estimate of drug-likeness (QED) is 0.734. The van der Waals surface area contributed by atoms with E-state index in [4.69, 9.17) is 9.26 Å². The van der Waals surface area contributed by atoms with Crippen LogP contribution in [0.4, 0.5) is 0 Å². The molecule has 2 heterocycles. The van der Waals surface area contributed by atoms with Gasteiger partial charge >= 0.3 is 0 Å². The minimum Gasteiger partial charge on any atom is -0.376 e. The molecule has 2 atom stereocenters. The molecule has 0 amide bonds. The van der Waals surface area contributed by atoms with E-state index in [1.807, 2.05) is 6.92 Å². The fourth-order valence-corrected chi connectivity index (χ4v) is 1.84. The van der Waals surface area contributed by atoms with Crippen molar-refractivity contribution in [2.75, 3.05) is 19.7 Å². The van der Waals surface area contributed by atoms with E-state index >= 15 is 0 Å². The zero-order valence-electron chi connectivity index (χ0n) is 9.43. The summed E-state index contributed by atoms with van der Waals surface area (Å²) in [5.74, 6) is 1.39. The van der Waals surface area contributed by atoms with Crippen molar-refractivity contribution in [2.45, 2.75) is 32.9 Å². The highest BCUT2D eigenvalue weighted by atomic mass is 16.5. The molecule has 1 saturated heterocycles. The van der Waals surface area contributed by atoms with Crippen LogP contribution in [0.5, 0.6) is 0 Å². The van der Waals surface area contributed by atoms with Gasteiger partial charge in [0.15, 0.2) is 5.82 Å². The number of nitrogens with zero attached hydrogens (tertiary/aromatic N) is 3. The first-order valence-electron chi connectivity index (χ1n) is 5.32. The van der Waals surface area contributed by atoms with E-state index in [2.05, 4.69) is 28.9 Å². The second-order valence-corrected chi connectivity index (χ2v) is 4.03. The van der Waals surface area contributed by atoms with Gasteiger partial charge in [-0.3, -0.25) is 4.90 Å². The topological polar surface area (TPSA) is 51.4 Å². The fourth-order valence-electron chi connectivity index (χ4n) is 1.84. The zero-order chi connectivity index (χ0) is 10.8. The van der Waals surface area contributed by atoms with Gasteiger partial charge in [0.05, 0.1) is 18.8 Å². The summed E-state index contributed by atoms with van der Waals surface area (Å²) in [6.07, 6.45) is 0.283. The van der Waals surface area contributed by atoms with Crippen molar-refractivity contribution in [1.29, 1.82) is 0 Å². The van der Waals surface area contributed by atoms with Crippen molar-refractivity contribution in [3.63, 3.8) is 0 Å². The Hall–Kier alpha value is -0.940. The molecule has 1 aliphatic heterocycles. The average molecular weight is 211 g/mol. The Labute approximate surface area is 89.4 Å². The summed E-state index contributed by atoms with van der Waals surface area (Å²) in [4.78, 5) is 6.56. The molecular weight excluding hydrogens is 194 g/mol. The Morgan fingerprint density at radius 3 is 2.93 bits per heavy atom. The second-order valence-electron chi connectivity index (χ2n) is 4.03. The third-order valence-electron chi connectivity index (χ3n) is 2.72. The summed E-state index contributed by atoms with van der Waals surface area (Å²) in [5.41, 5.74) is 0. The van der Waals surface area contributed by atoms with Crippen LogP contribution in [0.3, 0.4) is 0 Å². The van der Waals surface area contributed by atoms with Crippen LogP contribution in [-0.2, 0) is 4.74 Å². The molecule has 0 N–H and O–H groups in total. The molecule has 2 rings (SSSR count). The third kappa shape index (κ3) is 2.35. The Morgan fingerprint density at radius 1 is 1.53 bits per heavy atom. The van der Waals surface area contributed by atoms with Crippen LogP contribution in [0.15, 0.2) is 4.52 Å². The lowest BCUT2D eigenvalue weighted by atomic mass is 10.2. The Kier molecular flexibility index (Phi) is 3.02. The number of hydrogen-bond donors (Lipinski definition) is 0. The van der Waals surface area contributed by atoms with Crippen molar-refractivity contribution >= 4 is 0 Å². The van der Waals surface area contributed by atoms with E-state index in [9.17, 15) is 0 Å². The third-order valence-corrected chi connectivity index (χ3v) is 2.72. The zero-order valence-corrected chi connectivity index (χ0v) is 9.43. The molecule has 5 nitrogen and oxygen atoms in total. The average Bonchev–Trinajstić information content (AvgIpc) is 2.64. The van der Waals surface area contributed by atoms with Crippen LogP contribution in [-0.4, -0.2) is 40.8 Å². The number of ether oxygens (including phenoxy) is 1. The van der Waals surface area contributed by atoms with Crippen LogP contribution in [0.25, 0.3) is 0 Å². The fraction of sp³-hybridized carbons (Fsp3) is 0.800. The summed E-state index contributed by atoms with van der Waals surface area (Å²) in [6.45, 7) is 8.62. The molecule has 2 unspecified atom stereocenters. The molecule has 0 bridgehead atoms. The summed E-state index contributed by atoms with van der Waals surface area (Å²) < 4.78 is 10.7. The van der Waals surface area contributed by atoms with E-state index in [0.717, 1.165) is 19.7 Å². The minimum absolute atomic E-state index is 0.178. The SMILES string of the molecule is Cc1noc(C(C)N2CCOC(C)C2)n1. The second kappa shape index (κ2) is 4.28. The first-order chi connectivity index (χ1) is 7.16. The molecule has 1 aromatic heterocycles. The van der Waals surface area contributed by atoms with Gasteiger partial charge in [-0.2, -0.15) is 4.98 Å². The van der Waals surface area contributed by atoms with Crippen LogP contribution in [0, 0.1) is 6.92 Å². The molecule has 0 aliphatic carbocycles. The molecule has 5 heteroatoms. The van der Waals surface area contributed by atoms with Gasteiger partial charge in [-0.15, -0.1) is 0 Å². The van der Waals surface area contributed by atoms with Crippen molar-refractivity contribution in [1.82, 2.24) is 15.0 Å². The standard InChI is InChI=1S/C10H17N3O2/c1-7-6-13(4-5-14-7)8(2)10-11-9(3)12-15-10/h7-8H,4-6H2,1-3H3. The highest BCUT2D eigenvalue weighted by molar-refractivity contribution is 4.91. The van der Waals surface area contributed by atoms with E-state index in [0.29, 0.717) is 11.7 Å². The lowest BCUT2D eigenvalue weighted by Gasteiger charge is -2.33. The summed E-state index contributed by atoms with van der Waals surface area (Å²) >= 11 is 0. The van der Waals surface area contributed by atoms with Gasteiger partial charge < -0.3 is 9.26 Å². The maximum atomic E-state index is 5.49. The van der Waals surface area contributed by atoms with Crippen LogP contribution >= 0.6 is 0 Å². The summed E-state index contributed by atoms with van der Waals surface area (Å²) in [7, 11) is 0. The molecule has 0 spiro atoms. The minimum atomic E-state index is 0.178. The largest absolute Gasteiger partial charge is 0.376 e. The summed E-state index contributed by atoms with van der Waals surface area (Å²) in [5, 5.41) is 3.81. The first-order valence-corrected chi connectivity index (χ1v) is 5.32. The van der Waals surface area contributed by atoms with Crippen molar-refractivity contribution < 1.29 is 9.26 Å². The maximum absolute atomic E-state index is 5.49. The number of hydrogen-bond acceptors (Lipinski definition) is 5. The molecule has 15 heavy (non-hydrogen) atoms. The van der Waals surface area contributed by atoms with E-state index in [-0.39, 0.29) is 12.1 Å². The lowest BCUT2D eigenvalue weighted by molar-refractivity contribution is -0.0361. The molecule has 1 aromatic rings. The van der Waals surface area contributed by atoms with Crippen LogP contribution < -0.4 is 0 Å². The molecule has 0 aromatic carbocycles. The van der Waals surface area contributed by atoms with Crippen LogP contribution in [0.2, 0.25) is 0 Å². The normalized spacial score (nSPS) is 25.4. The predicted molar refractivity (Wildman–Crippen MR) is 54.4 cm³/mol. The van der Waals surface area contributed by atoms with Crippen LogP contribution in [0.1, 0.15) is 31.6 Å². The lowest BCUT2D eigenvalue weighted by Crippen LogP contribution is -2.42. The highest BCUT2D eigenvalue weighted by Crippen LogP contribution is 2.20. The molecule has 0 radical (unpaired) electrons. The number of morpholine rings is 1. The molecule has 1 fully saturated rings. The molecule has 84 valence electrons.